The zero-order valence-electron chi connectivity index (χ0n) is 16.7. The molecule has 2 aromatic rings. The van der Waals surface area contributed by atoms with E-state index < -0.39 is 0 Å². The molecule has 0 radical (unpaired) electrons. The third-order valence-corrected chi connectivity index (χ3v) is 5.25. The van der Waals surface area contributed by atoms with Crippen molar-refractivity contribution in [3.05, 3.63) is 71.3 Å². The lowest BCUT2D eigenvalue weighted by atomic mass is 9.98. The molecule has 152 valence electrons. The Morgan fingerprint density at radius 1 is 1.14 bits per heavy atom. The summed E-state index contributed by atoms with van der Waals surface area (Å²) in [4.78, 5) is 26.2. The lowest BCUT2D eigenvalue weighted by Gasteiger charge is -2.31. The highest BCUT2D eigenvalue weighted by atomic mass is 16.5. The zero-order valence-corrected chi connectivity index (χ0v) is 16.7. The fourth-order valence-corrected chi connectivity index (χ4v) is 3.35. The van der Waals surface area contributed by atoms with Crippen LogP contribution < -0.4 is 5.32 Å². The van der Waals surface area contributed by atoms with E-state index in [1.54, 1.807) is 24.3 Å². The average molecular weight is 394 g/mol. The fourth-order valence-electron chi connectivity index (χ4n) is 3.35. The lowest BCUT2D eigenvalue weighted by molar-refractivity contribution is -0.125. The first-order chi connectivity index (χ1) is 14.0. The van der Waals surface area contributed by atoms with Gasteiger partial charge in [-0.2, -0.15) is 0 Å². The number of ether oxygens (including phenoxy) is 1. The van der Waals surface area contributed by atoms with Gasteiger partial charge in [-0.3, -0.25) is 9.69 Å². The summed E-state index contributed by atoms with van der Waals surface area (Å²) in [5.41, 5.74) is 3.75. The Bertz CT molecular complexity index is 888. The summed E-state index contributed by atoms with van der Waals surface area (Å²) in [6.45, 7) is 3.83. The summed E-state index contributed by atoms with van der Waals surface area (Å²) in [5.74, 6) is -0.139. The molecule has 2 N–H and O–H groups in total. The van der Waals surface area contributed by atoms with Gasteiger partial charge in [0.25, 0.3) is 0 Å². The second-order valence-corrected chi connectivity index (χ2v) is 7.10. The maximum Gasteiger partial charge on any atom is 0.337 e. The van der Waals surface area contributed by atoms with Gasteiger partial charge >= 0.3 is 5.97 Å². The van der Waals surface area contributed by atoms with Crippen LogP contribution in [0.3, 0.4) is 0 Å². The number of hydrogen-bond donors (Lipinski definition) is 2. The number of nitrogens with one attached hydrogen (secondary N) is 1. The van der Waals surface area contributed by atoms with Gasteiger partial charge in [-0.25, -0.2) is 4.79 Å². The van der Waals surface area contributed by atoms with Crippen molar-refractivity contribution in [3.8, 4) is 5.75 Å². The Morgan fingerprint density at radius 2 is 1.83 bits per heavy atom. The number of phenolic OH excluding ortho intramolecular Hbond substituents is 1. The first kappa shape index (κ1) is 20.6. The number of amides is 1. The smallest absolute Gasteiger partial charge is 0.337 e. The highest BCUT2D eigenvalue weighted by molar-refractivity contribution is 5.89. The molecule has 0 spiro atoms. The molecule has 6 nitrogen and oxygen atoms in total. The van der Waals surface area contributed by atoms with E-state index in [1.807, 2.05) is 31.2 Å². The van der Waals surface area contributed by atoms with Crippen molar-refractivity contribution in [2.45, 2.75) is 25.9 Å². The summed E-state index contributed by atoms with van der Waals surface area (Å²) in [7, 11) is 1.35. The van der Waals surface area contributed by atoms with Gasteiger partial charge in [-0.05, 0) is 54.3 Å². The van der Waals surface area contributed by atoms with Crippen LogP contribution in [0.25, 0.3) is 5.57 Å². The highest BCUT2D eigenvalue weighted by Crippen LogP contribution is 2.24. The van der Waals surface area contributed by atoms with E-state index in [-0.39, 0.29) is 23.7 Å². The third-order valence-electron chi connectivity index (χ3n) is 5.25. The normalized spacial score (nSPS) is 15.3. The Labute approximate surface area is 170 Å². The Morgan fingerprint density at radius 3 is 2.41 bits per heavy atom. The number of rotatable bonds is 6. The van der Waals surface area contributed by atoms with E-state index in [0.717, 1.165) is 24.1 Å². The molecule has 0 saturated carbocycles. The Balaban J connectivity index is 1.51. The standard InChI is InChI=1S/C23H26N2O4/c1-16(22(27)24-15-17-3-5-20(6-4-17)23(28)29-2)25-13-11-19(12-14-25)18-7-9-21(26)10-8-18/h3-11,16,26H,12-15H2,1-2H3,(H,24,27). The molecule has 0 fully saturated rings. The molecule has 6 heteroatoms. The molecule has 1 heterocycles. The number of hydrogen-bond acceptors (Lipinski definition) is 5. The number of esters is 1. The molecule has 0 bridgehead atoms. The monoisotopic (exact) mass is 394 g/mol. The van der Waals surface area contributed by atoms with Crippen molar-refractivity contribution in [2.75, 3.05) is 20.2 Å². The van der Waals surface area contributed by atoms with Crippen molar-refractivity contribution in [2.24, 2.45) is 0 Å². The van der Waals surface area contributed by atoms with Gasteiger partial charge in [-0.1, -0.05) is 30.3 Å². The fraction of sp³-hybridized carbons (Fsp3) is 0.304. The van der Waals surface area contributed by atoms with Crippen LogP contribution in [0.5, 0.6) is 5.75 Å². The van der Waals surface area contributed by atoms with E-state index >= 15 is 0 Å². The van der Waals surface area contributed by atoms with Crippen molar-refractivity contribution in [1.29, 1.82) is 0 Å². The summed E-state index contributed by atoms with van der Waals surface area (Å²) < 4.78 is 4.68. The lowest BCUT2D eigenvalue weighted by Crippen LogP contribution is -2.46. The van der Waals surface area contributed by atoms with Gasteiger partial charge in [0.2, 0.25) is 5.91 Å². The largest absolute Gasteiger partial charge is 0.508 e. The van der Waals surface area contributed by atoms with Gasteiger partial charge in [0.1, 0.15) is 5.75 Å². The van der Waals surface area contributed by atoms with Crippen LogP contribution in [0.4, 0.5) is 0 Å². The van der Waals surface area contributed by atoms with Crippen LogP contribution in [0.15, 0.2) is 54.6 Å². The summed E-state index contributed by atoms with van der Waals surface area (Å²) in [5, 5.41) is 12.4. The molecule has 2 aromatic carbocycles. The predicted octanol–water partition coefficient (Wildman–Crippen LogP) is 2.97. The van der Waals surface area contributed by atoms with Gasteiger partial charge in [0.05, 0.1) is 18.7 Å². The minimum absolute atomic E-state index is 0.0245. The number of carbonyl (C=O) groups excluding carboxylic acids is 2. The van der Waals surface area contributed by atoms with Crippen LogP contribution in [0.1, 0.15) is 34.8 Å². The maximum absolute atomic E-state index is 12.6. The molecule has 0 saturated heterocycles. The molecule has 1 aliphatic rings. The minimum Gasteiger partial charge on any atom is -0.508 e. The van der Waals surface area contributed by atoms with Crippen molar-refractivity contribution < 1.29 is 19.4 Å². The van der Waals surface area contributed by atoms with Gasteiger partial charge in [-0.15, -0.1) is 0 Å². The van der Waals surface area contributed by atoms with E-state index in [4.69, 9.17) is 0 Å². The summed E-state index contributed by atoms with van der Waals surface area (Å²) in [6.07, 6.45) is 3.00. The first-order valence-corrected chi connectivity index (χ1v) is 9.65. The van der Waals surface area contributed by atoms with Crippen LogP contribution >= 0.6 is 0 Å². The summed E-state index contributed by atoms with van der Waals surface area (Å²) in [6, 6.07) is 14.0. The van der Waals surface area contributed by atoms with Crippen LogP contribution in [-0.2, 0) is 16.1 Å². The second-order valence-electron chi connectivity index (χ2n) is 7.10. The molecule has 1 amide bonds. The number of phenols is 1. The molecule has 29 heavy (non-hydrogen) atoms. The number of nitrogens with zero attached hydrogens (tertiary/aromatic N) is 1. The van der Waals surface area contributed by atoms with Crippen LogP contribution in [-0.4, -0.2) is 48.1 Å². The number of methoxy groups -OCH3 is 1. The molecular weight excluding hydrogens is 368 g/mol. The Kier molecular flexibility index (Phi) is 6.67. The van der Waals surface area contributed by atoms with E-state index in [1.165, 1.54) is 12.7 Å². The van der Waals surface area contributed by atoms with Crippen molar-refractivity contribution >= 4 is 17.4 Å². The van der Waals surface area contributed by atoms with Gasteiger partial charge in [0, 0.05) is 19.6 Å². The SMILES string of the molecule is COC(=O)c1ccc(CNC(=O)C(C)N2CC=C(c3ccc(O)cc3)CC2)cc1. The second kappa shape index (κ2) is 9.39. The molecule has 3 rings (SSSR count). The zero-order chi connectivity index (χ0) is 20.8. The van der Waals surface area contributed by atoms with E-state index in [0.29, 0.717) is 18.7 Å². The number of carbonyl (C=O) groups is 2. The minimum atomic E-state index is -0.376. The molecule has 0 aromatic heterocycles. The molecule has 1 atom stereocenters. The highest BCUT2D eigenvalue weighted by Gasteiger charge is 2.23. The van der Waals surface area contributed by atoms with Crippen LogP contribution in [0.2, 0.25) is 0 Å². The summed E-state index contributed by atoms with van der Waals surface area (Å²) >= 11 is 0. The topological polar surface area (TPSA) is 78.9 Å². The molecule has 0 aliphatic carbocycles. The maximum atomic E-state index is 12.6. The van der Waals surface area contributed by atoms with Gasteiger partial charge in [0.15, 0.2) is 0 Å². The Hall–Kier alpha value is -3.12. The van der Waals surface area contributed by atoms with E-state index in [2.05, 4.69) is 21.0 Å². The van der Waals surface area contributed by atoms with E-state index in [9.17, 15) is 14.7 Å². The predicted molar refractivity (Wildman–Crippen MR) is 111 cm³/mol. The van der Waals surface area contributed by atoms with Crippen molar-refractivity contribution in [3.63, 3.8) is 0 Å². The number of benzene rings is 2. The quantitative estimate of drug-likeness (QED) is 0.737. The first-order valence-electron chi connectivity index (χ1n) is 9.65. The molecule has 1 aliphatic heterocycles. The van der Waals surface area contributed by atoms with Gasteiger partial charge < -0.3 is 15.2 Å². The third kappa shape index (κ3) is 5.23. The number of aromatic hydroxyl groups is 1. The van der Waals surface area contributed by atoms with Crippen molar-refractivity contribution in [1.82, 2.24) is 10.2 Å². The average Bonchev–Trinajstić information content (AvgIpc) is 2.77. The van der Waals surface area contributed by atoms with Crippen LogP contribution in [0, 0.1) is 0 Å². The molecule has 1 unspecified atom stereocenters. The molecular formula is C23H26N2O4.